The summed E-state index contributed by atoms with van der Waals surface area (Å²) >= 11 is 0. The second kappa shape index (κ2) is 7.87. The lowest BCUT2D eigenvalue weighted by atomic mass is 9.95. The first kappa shape index (κ1) is 18.6. The molecule has 1 aromatic rings. The van der Waals surface area contributed by atoms with Crippen LogP contribution in [0.4, 0.5) is 4.79 Å². The summed E-state index contributed by atoms with van der Waals surface area (Å²) < 4.78 is 5.44. The van der Waals surface area contributed by atoms with E-state index in [9.17, 15) is 4.79 Å². The number of carbonyl (C=O) groups excluding carboxylic acids is 1. The number of likely N-dealkylation sites (tertiary alicyclic amines) is 1. The van der Waals surface area contributed by atoms with E-state index in [4.69, 9.17) is 4.74 Å². The number of carbonyl (C=O) groups is 1. The molecule has 1 aliphatic heterocycles. The van der Waals surface area contributed by atoms with E-state index in [1.165, 1.54) is 11.1 Å². The summed E-state index contributed by atoms with van der Waals surface area (Å²) in [6, 6.07) is 8.77. The lowest BCUT2D eigenvalue weighted by Crippen LogP contribution is -2.41. The van der Waals surface area contributed by atoms with E-state index < -0.39 is 5.60 Å². The highest BCUT2D eigenvalue weighted by atomic mass is 16.6. The van der Waals surface area contributed by atoms with Crippen LogP contribution in [-0.2, 0) is 4.74 Å². The van der Waals surface area contributed by atoms with Gasteiger partial charge in [0.25, 0.3) is 0 Å². The molecule has 2 rings (SSSR count). The Hall–Kier alpha value is -1.77. The van der Waals surface area contributed by atoms with Crippen LogP contribution in [0.25, 0.3) is 6.08 Å². The van der Waals surface area contributed by atoms with E-state index in [0.717, 1.165) is 25.9 Å². The van der Waals surface area contributed by atoms with Crippen LogP contribution in [0, 0.1) is 5.92 Å². The SMILES string of the molecule is CC(C)c1ccc(/C=C/C2CCN(C(=O)OC(C)(C)C)CC2)cc1. The highest BCUT2D eigenvalue weighted by molar-refractivity contribution is 5.68. The van der Waals surface area contributed by atoms with Crippen LogP contribution < -0.4 is 0 Å². The Balaban J connectivity index is 1.83. The lowest BCUT2D eigenvalue weighted by Gasteiger charge is -2.32. The number of allylic oxidation sites excluding steroid dienone is 1. The summed E-state index contributed by atoms with van der Waals surface area (Å²) in [5, 5.41) is 0. The van der Waals surface area contributed by atoms with E-state index in [-0.39, 0.29) is 6.09 Å². The maximum Gasteiger partial charge on any atom is 0.410 e. The van der Waals surface area contributed by atoms with Crippen molar-refractivity contribution in [3.05, 3.63) is 41.5 Å². The number of rotatable bonds is 3. The Morgan fingerprint density at radius 1 is 1.17 bits per heavy atom. The first-order valence-corrected chi connectivity index (χ1v) is 9.01. The zero-order valence-corrected chi connectivity index (χ0v) is 15.7. The van der Waals surface area contributed by atoms with Gasteiger partial charge in [0.1, 0.15) is 5.60 Å². The summed E-state index contributed by atoms with van der Waals surface area (Å²) in [7, 11) is 0. The summed E-state index contributed by atoms with van der Waals surface area (Å²) in [5.74, 6) is 1.11. The predicted octanol–water partition coefficient (Wildman–Crippen LogP) is 5.47. The van der Waals surface area contributed by atoms with Crippen LogP contribution in [-0.4, -0.2) is 29.7 Å². The van der Waals surface area contributed by atoms with Crippen molar-refractivity contribution in [2.75, 3.05) is 13.1 Å². The van der Waals surface area contributed by atoms with Crippen molar-refractivity contribution in [1.82, 2.24) is 4.90 Å². The van der Waals surface area contributed by atoms with Gasteiger partial charge < -0.3 is 9.64 Å². The van der Waals surface area contributed by atoms with E-state index in [1.54, 1.807) is 0 Å². The fourth-order valence-electron chi connectivity index (χ4n) is 2.84. The largest absolute Gasteiger partial charge is 0.444 e. The predicted molar refractivity (Wildman–Crippen MR) is 100 cm³/mol. The molecule has 1 aliphatic rings. The molecule has 1 saturated heterocycles. The topological polar surface area (TPSA) is 29.5 Å². The molecule has 1 amide bonds. The van der Waals surface area contributed by atoms with Gasteiger partial charge in [-0.25, -0.2) is 4.79 Å². The van der Waals surface area contributed by atoms with Crippen LogP contribution in [0.5, 0.6) is 0 Å². The van der Waals surface area contributed by atoms with Crippen molar-refractivity contribution in [1.29, 1.82) is 0 Å². The van der Waals surface area contributed by atoms with Gasteiger partial charge in [0.2, 0.25) is 0 Å². The van der Waals surface area contributed by atoms with Crippen molar-refractivity contribution in [3.63, 3.8) is 0 Å². The monoisotopic (exact) mass is 329 g/mol. The molecule has 0 aromatic heterocycles. The van der Waals surface area contributed by atoms with Crippen molar-refractivity contribution in [3.8, 4) is 0 Å². The minimum Gasteiger partial charge on any atom is -0.444 e. The van der Waals surface area contributed by atoms with Gasteiger partial charge >= 0.3 is 6.09 Å². The molecule has 1 aromatic carbocycles. The van der Waals surface area contributed by atoms with Crippen LogP contribution in [0.3, 0.4) is 0 Å². The van der Waals surface area contributed by atoms with Gasteiger partial charge in [-0.1, -0.05) is 50.3 Å². The van der Waals surface area contributed by atoms with E-state index in [1.807, 2.05) is 25.7 Å². The van der Waals surface area contributed by atoms with Crippen molar-refractivity contribution >= 4 is 12.2 Å². The average Bonchev–Trinajstić information content (AvgIpc) is 2.52. The van der Waals surface area contributed by atoms with Crippen LogP contribution in [0.2, 0.25) is 0 Å². The number of ether oxygens (including phenoxy) is 1. The molecule has 0 atom stereocenters. The standard InChI is InChI=1S/C21H31NO2/c1-16(2)19-10-8-17(9-11-19)6-7-18-12-14-22(15-13-18)20(23)24-21(3,4)5/h6-11,16,18H,12-15H2,1-5H3/b7-6+. The fourth-order valence-corrected chi connectivity index (χ4v) is 2.84. The van der Waals surface area contributed by atoms with Gasteiger partial charge in [0, 0.05) is 13.1 Å². The third-order valence-electron chi connectivity index (χ3n) is 4.36. The van der Waals surface area contributed by atoms with Gasteiger partial charge in [-0.05, 0) is 56.6 Å². The molecule has 0 bridgehead atoms. The number of piperidine rings is 1. The molecule has 3 heteroatoms. The quantitative estimate of drug-likeness (QED) is 0.736. The number of hydrogen-bond donors (Lipinski definition) is 0. The number of benzene rings is 1. The second-order valence-electron chi connectivity index (χ2n) is 7.99. The normalized spacial score (nSPS) is 16.8. The fraction of sp³-hybridized carbons (Fsp3) is 0.571. The smallest absolute Gasteiger partial charge is 0.410 e. The van der Waals surface area contributed by atoms with Gasteiger partial charge in [0.15, 0.2) is 0 Å². The molecule has 1 heterocycles. The highest BCUT2D eigenvalue weighted by Gasteiger charge is 2.25. The molecule has 1 fully saturated rings. The Labute approximate surface area is 146 Å². The molecule has 24 heavy (non-hydrogen) atoms. The lowest BCUT2D eigenvalue weighted by molar-refractivity contribution is 0.0197. The average molecular weight is 329 g/mol. The summed E-state index contributed by atoms with van der Waals surface area (Å²) in [5.41, 5.74) is 2.20. The van der Waals surface area contributed by atoms with Crippen molar-refractivity contribution in [2.45, 2.75) is 59.0 Å². The maximum atomic E-state index is 12.1. The molecule has 0 saturated carbocycles. The van der Waals surface area contributed by atoms with Gasteiger partial charge in [-0.2, -0.15) is 0 Å². The van der Waals surface area contributed by atoms with Gasteiger partial charge in [0.05, 0.1) is 0 Å². The van der Waals surface area contributed by atoms with Crippen molar-refractivity contribution < 1.29 is 9.53 Å². The molecule has 3 nitrogen and oxygen atoms in total. The third kappa shape index (κ3) is 5.70. The minimum atomic E-state index is -0.421. The number of amides is 1. The second-order valence-corrected chi connectivity index (χ2v) is 7.99. The van der Waals surface area contributed by atoms with Crippen LogP contribution in [0.1, 0.15) is 64.5 Å². The van der Waals surface area contributed by atoms with E-state index >= 15 is 0 Å². The number of nitrogens with zero attached hydrogens (tertiary/aromatic N) is 1. The molecule has 0 unspecified atom stereocenters. The first-order valence-electron chi connectivity index (χ1n) is 9.01. The zero-order valence-electron chi connectivity index (χ0n) is 15.7. The molecule has 132 valence electrons. The van der Waals surface area contributed by atoms with Gasteiger partial charge in [-0.15, -0.1) is 0 Å². The Kier molecular flexibility index (Phi) is 6.09. The maximum absolute atomic E-state index is 12.1. The Morgan fingerprint density at radius 3 is 2.25 bits per heavy atom. The number of hydrogen-bond acceptors (Lipinski definition) is 2. The Bertz CT molecular complexity index is 558. The minimum absolute atomic E-state index is 0.186. The summed E-state index contributed by atoms with van der Waals surface area (Å²) in [4.78, 5) is 13.9. The molecule has 0 aliphatic carbocycles. The molecular formula is C21H31NO2. The third-order valence-corrected chi connectivity index (χ3v) is 4.36. The molecule has 0 radical (unpaired) electrons. The summed E-state index contributed by atoms with van der Waals surface area (Å²) in [6.07, 6.45) is 6.31. The molecule has 0 spiro atoms. The Morgan fingerprint density at radius 2 is 1.75 bits per heavy atom. The van der Waals surface area contributed by atoms with Gasteiger partial charge in [-0.3, -0.25) is 0 Å². The zero-order chi connectivity index (χ0) is 17.7. The molecular weight excluding hydrogens is 298 g/mol. The van der Waals surface area contributed by atoms with E-state index in [2.05, 4.69) is 50.3 Å². The summed E-state index contributed by atoms with van der Waals surface area (Å²) in [6.45, 7) is 11.7. The van der Waals surface area contributed by atoms with Crippen LogP contribution >= 0.6 is 0 Å². The highest BCUT2D eigenvalue weighted by Crippen LogP contribution is 2.22. The van der Waals surface area contributed by atoms with Crippen molar-refractivity contribution in [2.24, 2.45) is 5.92 Å². The van der Waals surface area contributed by atoms with E-state index in [0.29, 0.717) is 11.8 Å². The molecule has 0 N–H and O–H groups in total. The van der Waals surface area contributed by atoms with Crippen LogP contribution in [0.15, 0.2) is 30.3 Å². The first-order chi connectivity index (χ1) is 11.2.